The molecule has 1 fully saturated rings. The van der Waals surface area contributed by atoms with Crippen molar-refractivity contribution in [3.05, 3.63) is 65.2 Å². The van der Waals surface area contributed by atoms with Gasteiger partial charge in [-0.2, -0.15) is 0 Å². The average molecular weight is 359 g/mol. The van der Waals surface area contributed by atoms with E-state index < -0.39 is 0 Å². The summed E-state index contributed by atoms with van der Waals surface area (Å²) in [6, 6.07) is 16.5. The van der Waals surface area contributed by atoms with Crippen LogP contribution in [0.4, 0.5) is 5.69 Å². The number of nitrogens with one attached hydrogen (secondary N) is 1. The molecule has 130 valence electrons. The van der Waals surface area contributed by atoms with E-state index in [1.54, 1.807) is 24.3 Å². The largest absolute Gasteiger partial charge is 0.334 e. The molecule has 1 atom stereocenters. The van der Waals surface area contributed by atoms with Crippen LogP contribution in [0.3, 0.4) is 0 Å². The highest BCUT2D eigenvalue weighted by Gasteiger charge is 2.33. The summed E-state index contributed by atoms with van der Waals surface area (Å²) in [6.45, 7) is 2.09. The van der Waals surface area contributed by atoms with E-state index in [-0.39, 0.29) is 24.3 Å². The molecule has 0 bridgehead atoms. The van der Waals surface area contributed by atoms with Gasteiger partial charge in [-0.15, -0.1) is 0 Å². The van der Waals surface area contributed by atoms with Gasteiger partial charge in [0.2, 0.25) is 5.91 Å². The minimum Gasteiger partial charge on any atom is -0.334 e. The van der Waals surface area contributed by atoms with E-state index in [9.17, 15) is 9.59 Å². The molecule has 2 aromatic rings. The zero-order valence-corrected chi connectivity index (χ0v) is 14.6. The number of carbonyl (C=O) groups is 2. The van der Waals surface area contributed by atoms with Crippen molar-refractivity contribution in [1.29, 1.82) is 0 Å². The fraction of sp³-hybridized carbons (Fsp3) is 0.263. The van der Waals surface area contributed by atoms with Gasteiger partial charge in [0.25, 0.3) is 5.91 Å². The molecule has 3 N–H and O–H groups in total. The molecular formula is C19H21ClN3O2+. The molecule has 5 nitrogen and oxygen atoms in total. The Hall–Kier alpha value is -2.37. The van der Waals surface area contributed by atoms with E-state index in [4.69, 9.17) is 11.6 Å². The molecule has 0 aliphatic carbocycles. The second-order valence-electron chi connectivity index (χ2n) is 6.14. The normalized spacial score (nSPS) is 17.4. The number of benzene rings is 2. The van der Waals surface area contributed by atoms with Gasteiger partial charge in [-0.25, -0.2) is 0 Å². The number of carbonyl (C=O) groups excluding carboxylic acids is 2. The topological polar surface area (TPSA) is 66.0 Å². The molecule has 0 radical (unpaired) electrons. The fourth-order valence-corrected chi connectivity index (χ4v) is 3.08. The van der Waals surface area contributed by atoms with Crippen LogP contribution in [-0.4, -0.2) is 35.8 Å². The molecular weight excluding hydrogens is 338 g/mol. The number of piperazine rings is 1. The van der Waals surface area contributed by atoms with Crippen LogP contribution >= 0.6 is 11.6 Å². The van der Waals surface area contributed by atoms with Crippen LogP contribution in [-0.2, 0) is 16.1 Å². The van der Waals surface area contributed by atoms with Gasteiger partial charge in [-0.1, -0.05) is 41.9 Å². The number of hydrogen-bond donors (Lipinski definition) is 2. The first kappa shape index (κ1) is 17.5. The summed E-state index contributed by atoms with van der Waals surface area (Å²) in [4.78, 5) is 26.7. The Morgan fingerprint density at radius 2 is 1.88 bits per heavy atom. The lowest BCUT2D eigenvalue weighted by Crippen LogP contribution is -2.96. The van der Waals surface area contributed by atoms with E-state index in [0.29, 0.717) is 23.8 Å². The third-order valence-corrected chi connectivity index (χ3v) is 4.48. The molecule has 2 amide bonds. The highest BCUT2D eigenvalue weighted by Crippen LogP contribution is 2.14. The van der Waals surface area contributed by atoms with Crippen molar-refractivity contribution >= 4 is 29.1 Å². The molecule has 1 heterocycles. The molecule has 0 aromatic heterocycles. The van der Waals surface area contributed by atoms with Gasteiger partial charge >= 0.3 is 0 Å². The van der Waals surface area contributed by atoms with E-state index in [1.807, 2.05) is 40.5 Å². The van der Waals surface area contributed by atoms with Gasteiger partial charge < -0.3 is 15.5 Å². The van der Waals surface area contributed by atoms with Crippen molar-refractivity contribution < 1.29 is 14.9 Å². The predicted molar refractivity (Wildman–Crippen MR) is 97.1 cm³/mol. The third kappa shape index (κ3) is 4.81. The summed E-state index contributed by atoms with van der Waals surface area (Å²) in [6.07, 6.45) is 0.159. The monoisotopic (exact) mass is 358 g/mol. The van der Waals surface area contributed by atoms with Crippen molar-refractivity contribution in [1.82, 2.24) is 4.90 Å². The highest BCUT2D eigenvalue weighted by atomic mass is 35.5. The Kier molecular flexibility index (Phi) is 5.68. The van der Waals surface area contributed by atoms with Crippen LogP contribution in [0.15, 0.2) is 54.6 Å². The Labute approximate surface area is 152 Å². The second kappa shape index (κ2) is 8.14. The molecule has 2 aromatic carbocycles. The quantitative estimate of drug-likeness (QED) is 0.853. The lowest BCUT2D eigenvalue weighted by atomic mass is 10.1. The first-order valence-corrected chi connectivity index (χ1v) is 8.71. The summed E-state index contributed by atoms with van der Waals surface area (Å²) in [5, 5.41) is 5.38. The first-order valence-electron chi connectivity index (χ1n) is 8.33. The minimum absolute atomic E-state index is 0.0151. The number of rotatable bonds is 5. The molecule has 0 saturated carbocycles. The fourth-order valence-electron chi connectivity index (χ4n) is 2.95. The van der Waals surface area contributed by atoms with Crippen LogP contribution in [0.2, 0.25) is 5.02 Å². The first-order chi connectivity index (χ1) is 12.1. The van der Waals surface area contributed by atoms with Crippen molar-refractivity contribution in [2.75, 3.05) is 18.4 Å². The van der Waals surface area contributed by atoms with Gasteiger partial charge in [0.15, 0.2) is 6.04 Å². The number of halogens is 1. The van der Waals surface area contributed by atoms with E-state index in [0.717, 1.165) is 12.1 Å². The summed E-state index contributed by atoms with van der Waals surface area (Å²) in [5.41, 5.74) is 1.78. The van der Waals surface area contributed by atoms with Gasteiger partial charge in [0.05, 0.1) is 19.5 Å². The van der Waals surface area contributed by atoms with Gasteiger partial charge in [0.1, 0.15) is 0 Å². The molecule has 0 unspecified atom stereocenters. The number of nitrogens with zero attached hydrogens (tertiary/aromatic N) is 1. The van der Waals surface area contributed by atoms with Gasteiger partial charge in [-0.3, -0.25) is 9.59 Å². The minimum atomic E-state index is -0.371. The number of hydrogen-bond acceptors (Lipinski definition) is 2. The van der Waals surface area contributed by atoms with Crippen molar-refractivity contribution in [2.45, 2.75) is 19.0 Å². The maximum atomic E-state index is 12.7. The van der Waals surface area contributed by atoms with E-state index in [1.165, 1.54) is 0 Å². The van der Waals surface area contributed by atoms with Gasteiger partial charge in [-0.05, 0) is 29.8 Å². The molecule has 1 saturated heterocycles. The van der Waals surface area contributed by atoms with Crippen LogP contribution in [0, 0.1) is 0 Å². The Morgan fingerprint density at radius 3 is 2.60 bits per heavy atom. The number of anilines is 1. The maximum absolute atomic E-state index is 12.7. The van der Waals surface area contributed by atoms with Crippen LogP contribution < -0.4 is 10.6 Å². The highest BCUT2D eigenvalue weighted by molar-refractivity contribution is 6.30. The molecule has 25 heavy (non-hydrogen) atoms. The van der Waals surface area contributed by atoms with Crippen LogP contribution in [0.5, 0.6) is 0 Å². The molecule has 1 aliphatic heterocycles. The smallest absolute Gasteiger partial charge is 0.281 e. The van der Waals surface area contributed by atoms with Crippen molar-refractivity contribution in [2.24, 2.45) is 0 Å². The second-order valence-corrected chi connectivity index (χ2v) is 6.57. The Morgan fingerprint density at radius 1 is 1.16 bits per heavy atom. The van der Waals surface area contributed by atoms with Crippen molar-refractivity contribution in [3.8, 4) is 0 Å². The number of quaternary nitrogens is 1. The zero-order valence-electron chi connectivity index (χ0n) is 13.8. The molecule has 3 rings (SSSR count). The number of nitrogens with two attached hydrogens (primary N) is 1. The van der Waals surface area contributed by atoms with Crippen LogP contribution in [0.1, 0.15) is 12.0 Å². The summed E-state index contributed by atoms with van der Waals surface area (Å²) in [7, 11) is 0. The van der Waals surface area contributed by atoms with E-state index >= 15 is 0 Å². The summed E-state index contributed by atoms with van der Waals surface area (Å²) >= 11 is 5.84. The van der Waals surface area contributed by atoms with Crippen LogP contribution in [0.25, 0.3) is 0 Å². The maximum Gasteiger partial charge on any atom is 0.281 e. The lowest BCUT2D eigenvalue weighted by Gasteiger charge is -2.30. The molecule has 1 aliphatic rings. The Balaban J connectivity index is 1.57. The Bertz CT molecular complexity index is 734. The SMILES string of the molecule is O=C(C[C@@H]1[NH2+]CCN(Cc2ccccc2)C1=O)Nc1ccc(Cl)cc1. The third-order valence-electron chi connectivity index (χ3n) is 4.23. The van der Waals surface area contributed by atoms with Gasteiger partial charge in [0, 0.05) is 17.3 Å². The zero-order chi connectivity index (χ0) is 17.6. The summed E-state index contributed by atoms with van der Waals surface area (Å²) < 4.78 is 0. The molecule has 6 heteroatoms. The van der Waals surface area contributed by atoms with E-state index in [2.05, 4.69) is 5.32 Å². The molecule has 0 spiro atoms. The standard InChI is InChI=1S/C19H20ClN3O2/c20-15-6-8-16(9-7-15)22-18(24)12-17-19(25)23(11-10-21-17)13-14-4-2-1-3-5-14/h1-9,17,21H,10-13H2,(H,22,24)/p+1/t17-/m0/s1. The number of amides is 2. The average Bonchev–Trinajstić information content (AvgIpc) is 2.61. The van der Waals surface area contributed by atoms with Crippen molar-refractivity contribution in [3.63, 3.8) is 0 Å². The summed E-state index contributed by atoms with van der Waals surface area (Å²) in [5.74, 6) is -0.153. The predicted octanol–water partition coefficient (Wildman–Crippen LogP) is 1.64. The lowest BCUT2D eigenvalue weighted by molar-refractivity contribution is -0.682.